The van der Waals surface area contributed by atoms with Crippen LogP contribution in [-0.2, 0) is 29.1 Å². The first-order chi connectivity index (χ1) is 17.4. The highest BCUT2D eigenvalue weighted by Crippen LogP contribution is 2.33. The fraction of sp³-hybridized carbons (Fsp3) is 0.379. The second kappa shape index (κ2) is 11.8. The summed E-state index contributed by atoms with van der Waals surface area (Å²) in [5, 5.41) is 0. The maximum Gasteiger partial charge on any atom is 0.242 e. The zero-order valence-corrected chi connectivity index (χ0v) is 21.2. The summed E-state index contributed by atoms with van der Waals surface area (Å²) in [4.78, 5) is 30.2. The van der Waals surface area contributed by atoms with Crippen LogP contribution >= 0.6 is 0 Å². The van der Waals surface area contributed by atoms with E-state index in [0.29, 0.717) is 49.7 Å². The summed E-state index contributed by atoms with van der Waals surface area (Å²) in [7, 11) is 0. The molecule has 4 rings (SSSR count). The zero-order valence-electron chi connectivity index (χ0n) is 21.2. The molecule has 0 atom stereocenters. The third-order valence-electron chi connectivity index (χ3n) is 6.04. The molecular weight excluding hydrogens is 456 g/mol. The van der Waals surface area contributed by atoms with E-state index >= 15 is 0 Å². The summed E-state index contributed by atoms with van der Waals surface area (Å²) in [5.74, 6) is 2.96. The summed E-state index contributed by atoms with van der Waals surface area (Å²) in [6.07, 6.45) is 1.01. The number of benzene rings is 2. The number of rotatable bonds is 11. The van der Waals surface area contributed by atoms with E-state index in [1.807, 2.05) is 67.6 Å². The molecular formula is C29H34N2O5. The molecule has 0 saturated carbocycles. The Kier molecular flexibility index (Phi) is 8.31. The van der Waals surface area contributed by atoms with Crippen LogP contribution in [0.15, 0.2) is 65.1 Å². The van der Waals surface area contributed by atoms with Crippen LogP contribution in [0.3, 0.4) is 0 Å². The van der Waals surface area contributed by atoms with Crippen LogP contribution in [0.1, 0.15) is 42.9 Å². The lowest BCUT2D eigenvalue weighted by molar-refractivity contribution is -0.141. The van der Waals surface area contributed by atoms with E-state index in [2.05, 4.69) is 13.8 Å². The highest BCUT2D eigenvalue weighted by atomic mass is 16.7. The molecule has 3 aromatic rings. The summed E-state index contributed by atoms with van der Waals surface area (Å²) in [6.45, 7) is 7.41. The van der Waals surface area contributed by atoms with Crippen molar-refractivity contribution in [3.8, 4) is 11.5 Å². The van der Waals surface area contributed by atoms with Gasteiger partial charge in [-0.15, -0.1) is 0 Å². The van der Waals surface area contributed by atoms with Gasteiger partial charge < -0.3 is 23.7 Å². The van der Waals surface area contributed by atoms with Gasteiger partial charge in [-0.05, 0) is 54.7 Å². The van der Waals surface area contributed by atoms with Crippen molar-refractivity contribution in [2.24, 2.45) is 5.92 Å². The number of carbonyl (C=O) groups is 2. The van der Waals surface area contributed by atoms with Crippen molar-refractivity contribution in [3.63, 3.8) is 0 Å². The van der Waals surface area contributed by atoms with Crippen LogP contribution < -0.4 is 9.47 Å². The van der Waals surface area contributed by atoms with Crippen molar-refractivity contribution < 1.29 is 23.5 Å². The molecule has 0 saturated heterocycles. The third-order valence-corrected chi connectivity index (χ3v) is 6.04. The molecule has 0 unspecified atom stereocenters. The van der Waals surface area contributed by atoms with E-state index in [4.69, 9.17) is 13.9 Å². The van der Waals surface area contributed by atoms with Gasteiger partial charge in [-0.25, -0.2) is 0 Å². The molecule has 0 radical (unpaired) electrons. The molecule has 0 aliphatic carbocycles. The average molecular weight is 491 g/mol. The van der Waals surface area contributed by atoms with E-state index in [9.17, 15) is 9.59 Å². The summed E-state index contributed by atoms with van der Waals surface area (Å²) in [6, 6.07) is 19.4. The van der Waals surface area contributed by atoms with Crippen LogP contribution in [0.5, 0.6) is 11.5 Å². The second-order valence-electron chi connectivity index (χ2n) is 9.60. The molecule has 1 aromatic heterocycles. The highest BCUT2D eigenvalue weighted by molar-refractivity contribution is 5.85. The molecule has 0 N–H and O–H groups in total. The Morgan fingerprint density at radius 3 is 2.36 bits per heavy atom. The van der Waals surface area contributed by atoms with Crippen LogP contribution in [0.2, 0.25) is 0 Å². The monoisotopic (exact) mass is 490 g/mol. The SMILES string of the molecule is Cc1ccc(CN(Cc2ccc3c(c2)OCO3)C(=O)CN(CC(C)C)C(=O)CCc2ccccc2)o1. The number of hydrogen-bond acceptors (Lipinski definition) is 5. The van der Waals surface area contributed by atoms with Gasteiger partial charge in [0.25, 0.3) is 0 Å². The lowest BCUT2D eigenvalue weighted by atomic mass is 10.1. The van der Waals surface area contributed by atoms with Crippen LogP contribution in [-0.4, -0.2) is 41.5 Å². The van der Waals surface area contributed by atoms with Crippen molar-refractivity contribution in [3.05, 3.63) is 83.3 Å². The molecule has 2 amide bonds. The second-order valence-corrected chi connectivity index (χ2v) is 9.60. The van der Waals surface area contributed by atoms with E-state index in [1.54, 1.807) is 9.80 Å². The number of nitrogens with zero attached hydrogens (tertiary/aromatic N) is 2. The molecule has 7 heteroatoms. The molecule has 1 aliphatic rings. The molecule has 7 nitrogen and oxygen atoms in total. The van der Waals surface area contributed by atoms with Crippen molar-refractivity contribution in [1.29, 1.82) is 0 Å². The number of carbonyl (C=O) groups excluding carboxylic acids is 2. The van der Waals surface area contributed by atoms with Crippen molar-refractivity contribution in [2.75, 3.05) is 19.9 Å². The number of hydrogen-bond donors (Lipinski definition) is 0. The summed E-state index contributed by atoms with van der Waals surface area (Å²) < 4.78 is 16.7. The Bertz CT molecular complexity index is 1170. The number of fused-ring (bicyclic) bond motifs is 1. The van der Waals surface area contributed by atoms with Gasteiger partial charge in [-0.3, -0.25) is 9.59 Å². The Morgan fingerprint density at radius 2 is 1.64 bits per heavy atom. The fourth-order valence-corrected chi connectivity index (χ4v) is 4.26. The number of aryl methyl sites for hydroxylation is 2. The third kappa shape index (κ3) is 6.90. The lowest BCUT2D eigenvalue weighted by Gasteiger charge is -2.28. The quantitative estimate of drug-likeness (QED) is 0.380. The van der Waals surface area contributed by atoms with Crippen LogP contribution in [0.4, 0.5) is 0 Å². The highest BCUT2D eigenvalue weighted by Gasteiger charge is 2.24. The summed E-state index contributed by atoms with van der Waals surface area (Å²) in [5.41, 5.74) is 2.03. The molecule has 2 aromatic carbocycles. The lowest BCUT2D eigenvalue weighted by Crippen LogP contribution is -2.44. The van der Waals surface area contributed by atoms with Crippen LogP contribution in [0.25, 0.3) is 0 Å². The van der Waals surface area contributed by atoms with E-state index in [0.717, 1.165) is 16.9 Å². The maximum absolute atomic E-state index is 13.6. The Balaban J connectivity index is 1.48. The van der Waals surface area contributed by atoms with Gasteiger partial charge in [-0.2, -0.15) is 0 Å². The van der Waals surface area contributed by atoms with E-state index < -0.39 is 0 Å². The first-order valence-electron chi connectivity index (χ1n) is 12.4. The normalized spacial score (nSPS) is 12.1. The van der Waals surface area contributed by atoms with Gasteiger partial charge in [0.05, 0.1) is 13.1 Å². The first-order valence-corrected chi connectivity index (χ1v) is 12.4. The first kappa shape index (κ1) is 25.4. The summed E-state index contributed by atoms with van der Waals surface area (Å²) >= 11 is 0. The molecule has 0 bridgehead atoms. The minimum absolute atomic E-state index is 0.0159. The maximum atomic E-state index is 13.6. The van der Waals surface area contributed by atoms with Crippen LogP contribution in [0, 0.1) is 12.8 Å². The van der Waals surface area contributed by atoms with Gasteiger partial charge in [0.1, 0.15) is 11.5 Å². The van der Waals surface area contributed by atoms with Gasteiger partial charge in [0, 0.05) is 19.5 Å². The number of ether oxygens (including phenoxy) is 2. The Labute approximate surface area is 212 Å². The largest absolute Gasteiger partial charge is 0.464 e. The predicted molar refractivity (Wildman–Crippen MR) is 136 cm³/mol. The molecule has 36 heavy (non-hydrogen) atoms. The minimum Gasteiger partial charge on any atom is -0.464 e. The molecule has 190 valence electrons. The predicted octanol–water partition coefficient (Wildman–Crippen LogP) is 4.96. The average Bonchev–Trinajstić information content (AvgIpc) is 3.50. The van der Waals surface area contributed by atoms with Crippen molar-refractivity contribution in [1.82, 2.24) is 9.80 Å². The number of amides is 2. The number of furan rings is 1. The van der Waals surface area contributed by atoms with Gasteiger partial charge in [-0.1, -0.05) is 50.2 Å². The van der Waals surface area contributed by atoms with Gasteiger partial charge >= 0.3 is 0 Å². The fourth-order valence-electron chi connectivity index (χ4n) is 4.26. The van der Waals surface area contributed by atoms with Crippen molar-refractivity contribution >= 4 is 11.8 Å². The van der Waals surface area contributed by atoms with E-state index in [-0.39, 0.29) is 31.1 Å². The Morgan fingerprint density at radius 1 is 0.861 bits per heavy atom. The molecule has 0 fully saturated rings. The standard InChI is InChI=1S/C29H34N2O5/c1-21(2)16-30(28(32)14-11-23-7-5-4-6-8-23)19-29(33)31(18-25-12-9-22(3)36-25)17-24-10-13-26-27(15-24)35-20-34-26/h4-10,12-13,15,21H,11,14,16-20H2,1-3H3. The topological polar surface area (TPSA) is 72.2 Å². The smallest absolute Gasteiger partial charge is 0.242 e. The molecule has 1 aliphatic heterocycles. The van der Waals surface area contributed by atoms with E-state index in [1.165, 1.54) is 0 Å². The van der Waals surface area contributed by atoms with Crippen molar-refractivity contribution in [2.45, 2.75) is 46.7 Å². The minimum atomic E-state index is -0.129. The Hall–Kier alpha value is -3.74. The molecule has 0 spiro atoms. The van der Waals surface area contributed by atoms with Gasteiger partial charge in [0.15, 0.2) is 11.5 Å². The van der Waals surface area contributed by atoms with Gasteiger partial charge in [0.2, 0.25) is 18.6 Å². The molecule has 2 heterocycles. The zero-order chi connectivity index (χ0) is 25.5.